The second-order valence-corrected chi connectivity index (χ2v) is 5.17. The van der Waals surface area contributed by atoms with Gasteiger partial charge in [0.15, 0.2) is 0 Å². The van der Waals surface area contributed by atoms with Crippen LogP contribution in [0.25, 0.3) is 0 Å². The molecule has 0 aromatic heterocycles. The summed E-state index contributed by atoms with van der Waals surface area (Å²) < 4.78 is 0. The summed E-state index contributed by atoms with van der Waals surface area (Å²) >= 11 is 0. The molecule has 0 aliphatic heterocycles. The van der Waals surface area contributed by atoms with Gasteiger partial charge in [0, 0.05) is 5.41 Å². The lowest BCUT2D eigenvalue weighted by Gasteiger charge is -2.39. The van der Waals surface area contributed by atoms with Gasteiger partial charge in [0.05, 0.1) is 13.0 Å². The highest BCUT2D eigenvalue weighted by Crippen LogP contribution is 2.43. The molecule has 1 fully saturated rings. The molecule has 15 heavy (non-hydrogen) atoms. The van der Waals surface area contributed by atoms with Crippen molar-refractivity contribution in [3.63, 3.8) is 0 Å². The maximum atomic E-state index is 10.8. The van der Waals surface area contributed by atoms with Crippen LogP contribution in [0.3, 0.4) is 0 Å². The summed E-state index contributed by atoms with van der Waals surface area (Å²) in [5, 5.41) is 8.91. The molecule has 0 aromatic carbocycles. The summed E-state index contributed by atoms with van der Waals surface area (Å²) in [6, 6.07) is 0. The first-order valence-electron chi connectivity index (χ1n) is 5.48. The quantitative estimate of drug-likeness (QED) is 0.603. The van der Waals surface area contributed by atoms with E-state index < -0.39 is 5.97 Å². The molecule has 4 heteroatoms. The SMILES string of the molecule is C[C@@H]1C[C@H](C)CC(C[NH3+])(CC(=O)O)C1.[Cl-]. The van der Waals surface area contributed by atoms with E-state index in [4.69, 9.17) is 5.11 Å². The smallest absolute Gasteiger partial charge is 0.304 e. The predicted octanol–water partition coefficient (Wildman–Crippen LogP) is -1.85. The van der Waals surface area contributed by atoms with Gasteiger partial charge in [0.25, 0.3) is 0 Å². The number of hydrogen-bond acceptors (Lipinski definition) is 1. The van der Waals surface area contributed by atoms with E-state index in [1.807, 2.05) is 0 Å². The molecule has 1 saturated carbocycles. The van der Waals surface area contributed by atoms with Crippen molar-refractivity contribution in [3.8, 4) is 0 Å². The highest BCUT2D eigenvalue weighted by Gasteiger charge is 2.40. The number of hydrogen-bond donors (Lipinski definition) is 2. The van der Waals surface area contributed by atoms with Crippen molar-refractivity contribution in [2.75, 3.05) is 6.54 Å². The third-order valence-electron chi connectivity index (χ3n) is 3.42. The van der Waals surface area contributed by atoms with E-state index in [1.165, 1.54) is 6.42 Å². The largest absolute Gasteiger partial charge is 1.00 e. The minimum atomic E-state index is -0.671. The van der Waals surface area contributed by atoms with E-state index in [0.29, 0.717) is 18.3 Å². The first kappa shape index (κ1) is 14.7. The van der Waals surface area contributed by atoms with Gasteiger partial charge >= 0.3 is 5.97 Å². The van der Waals surface area contributed by atoms with Crippen molar-refractivity contribution in [1.29, 1.82) is 0 Å². The fourth-order valence-corrected chi connectivity index (χ4v) is 3.17. The molecule has 0 radical (unpaired) electrons. The minimum absolute atomic E-state index is 0. The monoisotopic (exact) mass is 235 g/mol. The van der Waals surface area contributed by atoms with E-state index in [2.05, 4.69) is 19.6 Å². The van der Waals surface area contributed by atoms with Crippen LogP contribution in [0.2, 0.25) is 0 Å². The molecule has 0 spiro atoms. The third kappa shape index (κ3) is 3.99. The number of carboxylic acids is 1. The normalized spacial score (nSPS) is 35.7. The van der Waals surface area contributed by atoms with Crippen LogP contribution in [0, 0.1) is 17.3 Å². The first-order chi connectivity index (χ1) is 6.47. The van der Waals surface area contributed by atoms with Crippen molar-refractivity contribution >= 4 is 5.97 Å². The number of carboxylic acid groups (broad SMARTS) is 1. The summed E-state index contributed by atoms with van der Waals surface area (Å²) in [7, 11) is 0. The van der Waals surface area contributed by atoms with Crippen LogP contribution in [0.15, 0.2) is 0 Å². The molecule has 0 bridgehead atoms. The fraction of sp³-hybridized carbons (Fsp3) is 0.909. The van der Waals surface area contributed by atoms with Gasteiger partial charge in [-0.2, -0.15) is 0 Å². The van der Waals surface area contributed by atoms with Gasteiger partial charge in [-0.3, -0.25) is 4.79 Å². The number of rotatable bonds is 3. The number of carbonyl (C=O) groups is 1. The Hall–Kier alpha value is -0.280. The van der Waals surface area contributed by atoms with Crippen LogP contribution in [-0.2, 0) is 4.79 Å². The molecule has 0 saturated heterocycles. The maximum Gasteiger partial charge on any atom is 0.304 e. The molecule has 1 aliphatic carbocycles. The molecule has 3 atom stereocenters. The van der Waals surface area contributed by atoms with Crippen molar-refractivity contribution in [3.05, 3.63) is 0 Å². The van der Waals surface area contributed by atoms with Crippen LogP contribution >= 0.6 is 0 Å². The molecule has 90 valence electrons. The zero-order valence-electron chi connectivity index (χ0n) is 9.63. The summed E-state index contributed by atoms with van der Waals surface area (Å²) in [5.74, 6) is 0.634. The van der Waals surface area contributed by atoms with Crippen LogP contribution in [0.5, 0.6) is 0 Å². The van der Waals surface area contributed by atoms with Crippen LogP contribution in [-0.4, -0.2) is 17.6 Å². The van der Waals surface area contributed by atoms with Crippen LogP contribution in [0.1, 0.15) is 39.5 Å². The lowest BCUT2D eigenvalue weighted by Crippen LogP contribution is -3.00. The third-order valence-corrected chi connectivity index (χ3v) is 3.42. The second-order valence-electron chi connectivity index (χ2n) is 5.17. The average molecular weight is 236 g/mol. The first-order valence-corrected chi connectivity index (χ1v) is 5.48. The molecular weight excluding hydrogens is 214 g/mol. The Bertz CT molecular complexity index is 211. The van der Waals surface area contributed by atoms with Crippen LogP contribution in [0.4, 0.5) is 0 Å². The van der Waals surface area contributed by atoms with E-state index in [-0.39, 0.29) is 17.8 Å². The van der Waals surface area contributed by atoms with Gasteiger partial charge < -0.3 is 23.2 Å². The highest BCUT2D eigenvalue weighted by atomic mass is 35.5. The van der Waals surface area contributed by atoms with Gasteiger partial charge in [0.2, 0.25) is 0 Å². The standard InChI is InChI=1S/C11H21NO2.ClH/c1-8-3-9(2)5-11(4-8,7-12)6-10(13)14;/h8-9H,3-7,12H2,1-2H3,(H,13,14);1H/t8-,9+,11?;. The van der Waals surface area contributed by atoms with Crippen molar-refractivity contribution in [1.82, 2.24) is 0 Å². The van der Waals surface area contributed by atoms with Gasteiger partial charge in [0.1, 0.15) is 0 Å². The lowest BCUT2D eigenvalue weighted by molar-refractivity contribution is -0.396. The van der Waals surface area contributed by atoms with Crippen molar-refractivity contribution in [2.24, 2.45) is 17.3 Å². The summed E-state index contributed by atoms with van der Waals surface area (Å²) in [6.45, 7) is 5.21. The topological polar surface area (TPSA) is 64.9 Å². The van der Waals surface area contributed by atoms with Gasteiger partial charge in [-0.05, 0) is 31.1 Å². The Morgan fingerprint density at radius 2 is 1.87 bits per heavy atom. The molecular formula is C11H22ClNO2. The van der Waals surface area contributed by atoms with Gasteiger partial charge in [-0.1, -0.05) is 13.8 Å². The summed E-state index contributed by atoms with van der Waals surface area (Å²) in [4.78, 5) is 10.8. The molecule has 0 heterocycles. The molecule has 0 aromatic rings. The Labute approximate surface area is 97.8 Å². The minimum Gasteiger partial charge on any atom is -1.00 e. The Kier molecular flexibility index (Phi) is 5.60. The van der Waals surface area contributed by atoms with E-state index in [9.17, 15) is 4.79 Å². The fourth-order valence-electron chi connectivity index (χ4n) is 3.17. The molecule has 3 nitrogen and oxygen atoms in total. The highest BCUT2D eigenvalue weighted by molar-refractivity contribution is 5.67. The molecule has 1 unspecified atom stereocenters. The Morgan fingerprint density at radius 3 is 2.20 bits per heavy atom. The number of aliphatic carboxylic acids is 1. The van der Waals surface area contributed by atoms with E-state index in [1.54, 1.807) is 0 Å². The maximum absolute atomic E-state index is 10.8. The van der Waals surface area contributed by atoms with Gasteiger partial charge in [-0.15, -0.1) is 0 Å². The zero-order valence-corrected chi connectivity index (χ0v) is 10.4. The predicted molar refractivity (Wildman–Crippen MR) is 54.6 cm³/mol. The average Bonchev–Trinajstić information content (AvgIpc) is 2.00. The molecule has 1 aliphatic rings. The molecule has 0 amide bonds. The van der Waals surface area contributed by atoms with Gasteiger partial charge in [-0.25, -0.2) is 0 Å². The molecule has 4 N–H and O–H groups in total. The lowest BCUT2D eigenvalue weighted by atomic mass is 9.65. The van der Waals surface area contributed by atoms with E-state index in [0.717, 1.165) is 19.4 Å². The zero-order chi connectivity index (χ0) is 10.8. The Balaban J connectivity index is 0.00000196. The Morgan fingerprint density at radius 1 is 1.40 bits per heavy atom. The number of quaternary nitrogens is 1. The van der Waals surface area contributed by atoms with E-state index >= 15 is 0 Å². The summed E-state index contributed by atoms with van der Waals surface area (Å²) in [6.07, 6.45) is 3.60. The van der Waals surface area contributed by atoms with Crippen LogP contribution < -0.4 is 18.1 Å². The summed E-state index contributed by atoms with van der Waals surface area (Å²) in [5.41, 5.74) is 3.92. The molecule has 1 rings (SSSR count). The van der Waals surface area contributed by atoms with Crippen molar-refractivity contribution in [2.45, 2.75) is 39.5 Å². The van der Waals surface area contributed by atoms with Crippen molar-refractivity contribution < 1.29 is 28.0 Å². The number of halogens is 1. The second kappa shape index (κ2) is 5.71.